The van der Waals surface area contributed by atoms with Gasteiger partial charge in [0.2, 0.25) is 0 Å². The van der Waals surface area contributed by atoms with Crippen LogP contribution in [0.15, 0.2) is 47.4 Å². The van der Waals surface area contributed by atoms with Crippen molar-refractivity contribution in [3.63, 3.8) is 0 Å². The molecule has 2 rings (SSSR count). The minimum Gasteiger partial charge on any atom is -0.345 e. The number of amides is 1. The molecule has 0 fully saturated rings. The van der Waals surface area contributed by atoms with Crippen LogP contribution in [-0.2, 0) is 16.4 Å². The van der Waals surface area contributed by atoms with E-state index in [4.69, 9.17) is 11.6 Å². The number of sulfonamides is 1. The molecule has 0 atom stereocenters. The van der Waals surface area contributed by atoms with Gasteiger partial charge in [0.05, 0.1) is 16.1 Å². The summed E-state index contributed by atoms with van der Waals surface area (Å²) in [6, 6.07) is 11.2. The third kappa shape index (κ3) is 4.74. The highest BCUT2D eigenvalue weighted by Crippen LogP contribution is 2.25. The third-order valence-corrected chi connectivity index (χ3v) is 5.25. The summed E-state index contributed by atoms with van der Waals surface area (Å²) in [5.74, 6) is -0.312. The topological polar surface area (TPSA) is 66.5 Å². The Balaban J connectivity index is 2.37. The zero-order valence-electron chi connectivity index (χ0n) is 14.4. The lowest BCUT2D eigenvalue weighted by Crippen LogP contribution is -2.24. The van der Waals surface area contributed by atoms with Crippen LogP contribution in [0.2, 0.25) is 5.02 Å². The van der Waals surface area contributed by atoms with E-state index in [1.54, 1.807) is 44.4 Å². The minimum absolute atomic E-state index is 0.135. The summed E-state index contributed by atoms with van der Waals surface area (Å²) in [6.45, 7) is 2.06. The number of aryl methyl sites for hydroxylation is 1. The number of halogens is 1. The van der Waals surface area contributed by atoms with Crippen molar-refractivity contribution < 1.29 is 13.2 Å². The van der Waals surface area contributed by atoms with Crippen molar-refractivity contribution in [3.05, 3.63) is 58.6 Å². The first-order valence-corrected chi connectivity index (χ1v) is 9.73. The molecule has 0 saturated heterocycles. The molecular formula is C18H21ClN2O3S. The maximum atomic E-state index is 12.6. The van der Waals surface area contributed by atoms with Crippen molar-refractivity contribution in [3.8, 4) is 0 Å². The molecule has 0 saturated carbocycles. The second kappa shape index (κ2) is 7.89. The number of nitrogens with zero attached hydrogens (tertiary/aromatic N) is 1. The number of nitrogens with one attached hydrogen (secondary N) is 1. The van der Waals surface area contributed by atoms with E-state index in [1.807, 2.05) is 0 Å². The number of carbonyl (C=O) groups is 1. The molecule has 0 bridgehead atoms. The predicted molar refractivity (Wildman–Crippen MR) is 101 cm³/mol. The third-order valence-electron chi connectivity index (χ3n) is 3.63. The fourth-order valence-corrected chi connectivity index (χ4v) is 3.60. The average molecular weight is 381 g/mol. The van der Waals surface area contributed by atoms with Crippen LogP contribution in [0.1, 0.15) is 29.3 Å². The van der Waals surface area contributed by atoms with Crippen LogP contribution in [0.4, 0.5) is 5.69 Å². The Morgan fingerprint density at radius 1 is 1.12 bits per heavy atom. The molecule has 0 aliphatic rings. The van der Waals surface area contributed by atoms with E-state index in [-0.39, 0.29) is 22.1 Å². The zero-order valence-corrected chi connectivity index (χ0v) is 16.0. The Labute approximate surface area is 153 Å². The summed E-state index contributed by atoms with van der Waals surface area (Å²) in [7, 11) is -0.625. The van der Waals surface area contributed by atoms with Crippen LogP contribution in [-0.4, -0.2) is 33.3 Å². The molecule has 2 aromatic rings. The van der Waals surface area contributed by atoms with Crippen LogP contribution in [0, 0.1) is 0 Å². The number of anilines is 1. The van der Waals surface area contributed by atoms with Crippen LogP contribution in [0.3, 0.4) is 0 Å². The van der Waals surface area contributed by atoms with Crippen LogP contribution in [0.5, 0.6) is 0 Å². The molecule has 1 amide bonds. The highest BCUT2D eigenvalue weighted by Gasteiger charge is 2.20. The summed E-state index contributed by atoms with van der Waals surface area (Å²) in [5, 5.41) is 0.339. The van der Waals surface area contributed by atoms with Gasteiger partial charge < -0.3 is 4.90 Å². The average Bonchev–Trinajstić information content (AvgIpc) is 2.55. The van der Waals surface area contributed by atoms with Gasteiger partial charge in [-0.05, 0) is 42.3 Å². The van der Waals surface area contributed by atoms with Crippen molar-refractivity contribution in [2.24, 2.45) is 0 Å². The van der Waals surface area contributed by atoms with Crippen LogP contribution < -0.4 is 4.72 Å². The summed E-state index contributed by atoms with van der Waals surface area (Å²) in [6.07, 6.45) is 1.88. The maximum Gasteiger partial charge on any atom is 0.261 e. The molecule has 2 aromatic carbocycles. The highest BCUT2D eigenvalue weighted by molar-refractivity contribution is 7.92. The molecule has 134 valence electrons. The molecule has 5 nitrogen and oxygen atoms in total. The van der Waals surface area contributed by atoms with E-state index in [0.29, 0.717) is 5.02 Å². The van der Waals surface area contributed by atoms with Gasteiger partial charge in [0.25, 0.3) is 15.9 Å². The van der Waals surface area contributed by atoms with Crippen molar-refractivity contribution in [1.29, 1.82) is 0 Å². The van der Waals surface area contributed by atoms with Crippen molar-refractivity contribution in [1.82, 2.24) is 4.90 Å². The minimum atomic E-state index is -3.82. The lowest BCUT2D eigenvalue weighted by Gasteiger charge is -2.16. The van der Waals surface area contributed by atoms with Gasteiger partial charge in [-0.25, -0.2) is 8.42 Å². The van der Waals surface area contributed by atoms with Crippen molar-refractivity contribution in [2.45, 2.75) is 24.7 Å². The number of benzene rings is 2. The molecular weight excluding hydrogens is 360 g/mol. The molecule has 0 aliphatic carbocycles. The van der Waals surface area contributed by atoms with E-state index >= 15 is 0 Å². The molecule has 0 aliphatic heterocycles. The van der Waals surface area contributed by atoms with Gasteiger partial charge in [-0.3, -0.25) is 9.52 Å². The quantitative estimate of drug-likeness (QED) is 0.828. The molecule has 1 N–H and O–H groups in total. The Kier molecular flexibility index (Phi) is 6.08. The standard InChI is InChI=1S/C18H21ClN2O3S/c1-4-5-13-6-9-15(10-7-13)25(23,24)20-17-12-14(19)8-11-16(17)18(22)21(2)3/h6-12,20H,4-5H2,1-3H3. The number of carbonyl (C=O) groups excluding carboxylic acids is 1. The lowest BCUT2D eigenvalue weighted by molar-refractivity contribution is 0.0828. The van der Waals surface area contributed by atoms with Crippen molar-refractivity contribution in [2.75, 3.05) is 18.8 Å². The summed E-state index contributed by atoms with van der Waals surface area (Å²) in [4.78, 5) is 13.8. The van der Waals surface area contributed by atoms with E-state index < -0.39 is 10.0 Å². The second-order valence-corrected chi connectivity index (χ2v) is 8.01. The Bertz CT molecular complexity index is 862. The Morgan fingerprint density at radius 2 is 1.76 bits per heavy atom. The Hall–Kier alpha value is -2.05. The van der Waals surface area contributed by atoms with E-state index in [1.165, 1.54) is 17.0 Å². The highest BCUT2D eigenvalue weighted by atomic mass is 35.5. The first kappa shape index (κ1) is 19.3. The molecule has 0 heterocycles. The van der Waals surface area contributed by atoms with E-state index in [2.05, 4.69) is 11.6 Å². The smallest absolute Gasteiger partial charge is 0.261 e. The molecule has 7 heteroatoms. The number of rotatable bonds is 6. The van der Waals surface area contributed by atoms with Gasteiger partial charge in [0, 0.05) is 19.1 Å². The summed E-state index contributed by atoms with van der Waals surface area (Å²) < 4.78 is 27.8. The molecule has 0 radical (unpaired) electrons. The monoisotopic (exact) mass is 380 g/mol. The van der Waals surface area contributed by atoms with Crippen molar-refractivity contribution >= 4 is 33.2 Å². The van der Waals surface area contributed by atoms with E-state index in [9.17, 15) is 13.2 Å². The van der Waals surface area contributed by atoms with E-state index in [0.717, 1.165) is 18.4 Å². The van der Waals surface area contributed by atoms with Crippen LogP contribution in [0.25, 0.3) is 0 Å². The molecule has 0 aromatic heterocycles. The molecule has 0 spiro atoms. The first-order chi connectivity index (χ1) is 11.7. The predicted octanol–water partition coefficient (Wildman–Crippen LogP) is 3.80. The largest absolute Gasteiger partial charge is 0.345 e. The fourth-order valence-electron chi connectivity index (χ4n) is 2.36. The molecule has 25 heavy (non-hydrogen) atoms. The summed E-state index contributed by atoms with van der Waals surface area (Å²) >= 11 is 5.97. The second-order valence-electron chi connectivity index (χ2n) is 5.89. The van der Waals surface area contributed by atoms with Gasteiger partial charge in [0.15, 0.2) is 0 Å². The van der Waals surface area contributed by atoms with Gasteiger partial charge in [0.1, 0.15) is 0 Å². The van der Waals surface area contributed by atoms with Gasteiger partial charge in [-0.2, -0.15) is 0 Å². The van der Waals surface area contributed by atoms with Gasteiger partial charge in [-0.15, -0.1) is 0 Å². The molecule has 0 unspecified atom stereocenters. The SMILES string of the molecule is CCCc1ccc(S(=O)(=O)Nc2cc(Cl)ccc2C(=O)N(C)C)cc1. The Morgan fingerprint density at radius 3 is 2.32 bits per heavy atom. The van der Waals surface area contributed by atoms with Crippen LogP contribution >= 0.6 is 11.6 Å². The lowest BCUT2D eigenvalue weighted by atomic mass is 10.1. The number of hydrogen-bond donors (Lipinski definition) is 1. The zero-order chi connectivity index (χ0) is 18.6. The van der Waals surface area contributed by atoms with Gasteiger partial charge >= 0.3 is 0 Å². The summed E-state index contributed by atoms with van der Waals surface area (Å²) in [5.41, 5.74) is 1.47. The fraction of sp³-hybridized carbons (Fsp3) is 0.278. The maximum absolute atomic E-state index is 12.6. The normalized spacial score (nSPS) is 11.2. The first-order valence-electron chi connectivity index (χ1n) is 7.87. The number of hydrogen-bond acceptors (Lipinski definition) is 3. The van der Waals surface area contributed by atoms with Gasteiger partial charge in [-0.1, -0.05) is 37.1 Å².